The van der Waals surface area contributed by atoms with E-state index in [-0.39, 0.29) is 0 Å². The van der Waals surface area contributed by atoms with E-state index in [9.17, 15) is 0 Å². The summed E-state index contributed by atoms with van der Waals surface area (Å²) in [5.74, 6) is 0. The van der Waals surface area contributed by atoms with Gasteiger partial charge in [-0.15, -0.1) is 11.3 Å². The predicted molar refractivity (Wildman–Crippen MR) is 81.2 cm³/mol. The van der Waals surface area contributed by atoms with Gasteiger partial charge in [0.15, 0.2) is 0 Å². The molecule has 1 N–H and O–H groups in total. The first-order chi connectivity index (χ1) is 8.22. The molecule has 0 aliphatic carbocycles. The van der Waals surface area contributed by atoms with Crippen molar-refractivity contribution in [2.24, 2.45) is 0 Å². The lowest BCUT2D eigenvalue weighted by molar-refractivity contribution is 0.552. The largest absolute Gasteiger partial charge is 0.310 e. The molecule has 0 aromatic carbocycles. The first-order valence-electron chi connectivity index (χ1n) is 5.70. The number of thiophene rings is 2. The highest BCUT2D eigenvalue weighted by Gasteiger charge is 2.16. The fourth-order valence-electron chi connectivity index (χ4n) is 1.92. The zero-order valence-electron chi connectivity index (χ0n) is 10.00. The van der Waals surface area contributed by atoms with E-state index in [2.05, 4.69) is 57.3 Å². The van der Waals surface area contributed by atoms with E-state index in [1.54, 1.807) is 11.3 Å². The Morgan fingerprint density at radius 2 is 2.24 bits per heavy atom. The molecule has 0 saturated heterocycles. The van der Waals surface area contributed by atoms with Gasteiger partial charge >= 0.3 is 0 Å². The molecule has 0 aliphatic rings. The second kappa shape index (κ2) is 6.14. The highest BCUT2D eigenvalue weighted by Crippen LogP contribution is 2.30. The third kappa shape index (κ3) is 3.19. The minimum atomic E-state index is 0.432. The second-order valence-electron chi connectivity index (χ2n) is 4.02. The van der Waals surface area contributed by atoms with Gasteiger partial charge < -0.3 is 5.32 Å². The molecule has 2 heterocycles. The van der Waals surface area contributed by atoms with Gasteiger partial charge in [0, 0.05) is 21.8 Å². The summed E-state index contributed by atoms with van der Waals surface area (Å²) in [5, 5.41) is 10.2. The van der Waals surface area contributed by atoms with Gasteiger partial charge in [-0.3, -0.25) is 0 Å². The quantitative estimate of drug-likeness (QED) is 0.832. The van der Waals surface area contributed by atoms with Crippen LogP contribution in [-0.4, -0.2) is 6.54 Å². The Balaban J connectivity index is 2.19. The number of aryl methyl sites for hydroxylation is 1. The van der Waals surface area contributed by atoms with Crippen molar-refractivity contribution in [1.82, 2.24) is 5.32 Å². The van der Waals surface area contributed by atoms with E-state index in [4.69, 9.17) is 0 Å². The van der Waals surface area contributed by atoms with Crippen LogP contribution in [0.4, 0.5) is 0 Å². The summed E-state index contributed by atoms with van der Waals surface area (Å²) < 4.78 is 1.23. The number of rotatable bonds is 5. The van der Waals surface area contributed by atoms with E-state index in [0.717, 1.165) is 13.0 Å². The van der Waals surface area contributed by atoms with Crippen molar-refractivity contribution in [2.75, 3.05) is 6.54 Å². The second-order valence-corrected chi connectivity index (χ2v) is 6.61. The van der Waals surface area contributed by atoms with Crippen LogP contribution in [0.15, 0.2) is 26.7 Å². The molecule has 2 aromatic heterocycles. The molecular weight excluding hydrogens is 314 g/mol. The summed E-state index contributed by atoms with van der Waals surface area (Å²) in [5.41, 5.74) is 2.84. The first kappa shape index (κ1) is 13.3. The maximum Gasteiger partial charge on any atom is 0.0380 e. The molecule has 0 amide bonds. The van der Waals surface area contributed by atoms with Gasteiger partial charge in [-0.25, -0.2) is 0 Å². The van der Waals surface area contributed by atoms with Gasteiger partial charge in [-0.2, -0.15) is 11.3 Å². The smallest absolute Gasteiger partial charge is 0.0380 e. The molecule has 2 rings (SSSR count). The molecule has 0 bridgehead atoms. The summed E-state index contributed by atoms with van der Waals surface area (Å²) in [4.78, 5) is 1.42. The average molecular weight is 330 g/mol. The summed E-state index contributed by atoms with van der Waals surface area (Å²) in [7, 11) is 0. The Bertz CT molecular complexity index is 475. The normalized spacial score (nSPS) is 12.9. The highest BCUT2D eigenvalue weighted by atomic mass is 79.9. The zero-order chi connectivity index (χ0) is 12.3. The molecule has 17 heavy (non-hydrogen) atoms. The van der Waals surface area contributed by atoms with Crippen LogP contribution in [0.1, 0.15) is 29.0 Å². The molecule has 1 nitrogen and oxygen atoms in total. The van der Waals surface area contributed by atoms with E-state index >= 15 is 0 Å². The Labute approximate surface area is 119 Å². The van der Waals surface area contributed by atoms with Crippen molar-refractivity contribution in [3.05, 3.63) is 42.7 Å². The molecule has 0 saturated carbocycles. The summed E-state index contributed by atoms with van der Waals surface area (Å²) in [6, 6.07) is 2.56. The van der Waals surface area contributed by atoms with Crippen molar-refractivity contribution in [1.29, 1.82) is 0 Å². The Kier molecular flexibility index (Phi) is 4.79. The van der Waals surface area contributed by atoms with Crippen molar-refractivity contribution >= 4 is 38.6 Å². The standard InChI is InChI=1S/C13H16BrNS2/c1-3-15-12(10-8-16-7-9(10)2)6-13-11(14)4-5-17-13/h4-5,7-8,12,15H,3,6H2,1-2H3. The van der Waals surface area contributed by atoms with Crippen LogP contribution < -0.4 is 5.32 Å². The van der Waals surface area contributed by atoms with E-state index in [0.29, 0.717) is 6.04 Å². The Morgan fingerprint density at radius 1 is 1.41 bits per heavy atom. The van der Waals surface area contributed by atoms with Gasteiger partial charge in [0.2, 0.25) is 0 Å². The zero-order valence-corrected chi connectivity index (χ0v) is 13.2. The molecular formula is C13H16BrNS2. The fourth-order valence-corrected chi connectivity index (χ4v) is 4.39. The molecule has 1 unspecified atom stereocenters. The van der Waals surface area contributed by atoms with Crippen LogP contribution in [0, 0.1) is 6.92 Å². The summed E-state index contributed by atoms with van der Waals surface area (Å²) in [6.07, 6.45) is 1.06. The minimum absolute atomic E-state index is 0.432. The van der Waals surface area contributed by atoms with Crippen LogP contribution >= 0.6 is 38.6 Å². The summed E-state index contributed by atoms with van der Waals surface area (Å²) >= 11 is 7.23. The van der Waals surface area contributed by atoms with Crippen LogP contribution in [0.3, 0.4) is 0 Å². The van der Waals surface area contributed by atoms with Gasteiger partial charge in [0.05, 0.1) is 0 Å². The van der Waals surface area contributed by atoms with E-state index < -0.39 is 0 Å². The molecule has 1 atom stereocenters. The maximum atomic E-state index is 3.61. The monoisotopic (exact) mass is 329 g/mol. The Hall–Kier alpha value is -0.160. The van der Waals surface area contributed by atoms with E-state index in [1.165, 1.54) is 20.5 Å². The fraction of sp³-hybridized carbons (Fsp3) is 0.385. The number of nitrogens with one attached hydrogen (secondary N) is 1. The number of likely N-dealkylation sites (N-methyl/N-ethyl adjacent to an activating group) is 1. The molecule has 0 spiro atoms. The predicted octanol–water partition coefficient (Wildman–Crippen LogP) is 4.77. The van der Waals surface area contributed by atoms with Crippen molar-refractivity contribution in [3.8, 4) is 0 Å². The molecule has 2 aromatic rings. The SMILES string of the molecule is CCNC(Cc1sccc1Br)c1cscc1C. The lowest BCUT2D eigenvalue weighted by Crippen LogP contribution is -2.22. The topological polar surface area (TPSA) is 12.0 Å². The first-order valence-corrected chi connectivity index (χ1v) is 8.31. The van der Waals surface area contributed by atoms with Gasteiger partial charge in [0.25, 0.3) is 0 Å². The van der Waals surface area contributed by atoms with E-state index in [1.807, 2.05) is 11.3 Å². The van der Waals surface area contributed by atoms with Crippen LogP contribution in [0.2, 0.25) is 0 Å². The van der Waals surface area contributed by atoms with Crippen LogP contribution in [-0.2, 0) is 6.42 Å². The lowest BCUT2D eigenvalue weighted by Gasteiger charge is -2.17. The van der Waals surface area contributed by atoms with Crippen molar-refractivity contribution < 1.29 is 0 Å². The molecule has 4 heteroatoms. The third-order valence-corrected chi connectivity index (χ3v) is 5.63. The molecule has 0 radical (unpaired) electrons. The number of hydrogen-bond acceptors (Lipinski definition) is 3. The van der Waals surface area contributed by atoms with Crippen molar-refractivity contribution in [2.45, 2.75) is 26.3 Å². The third-order valence-electron chi connectivity index (χ3n) is 2.80. The lowest BCUT2D eigenvalue weighted by atomic mass is 10.0. The summed E-state index contributed by atoms with van der Waals surface area (Å²) in [6.45, 7) is 5.36. The van der Waals surface area contributed by atoms with Gasteiger partial charge in [-0.1, -0.05) is 6.92 Å². The van der Waals surface area contributed by atoms with Gasteiger partial charge in [-0.05, 0) is 62.7 Å². The average Bonchev–Trinajstić information content (AvgIpc) is 2.88. The minimum Gasteiger partial charge on any atom is -0.310 e. The molecule has 0 aliphatic heterocycles. The molecule has 0 fully saturated rings. The number of halogens is 1. The molecule has 92 valence electrons. The highest BCUT2D eigenvalue weighted by molar-refractivity contribution is 9.10. The van der Waals surface area contributed by atoms with Crippen LogP contribution in [0.25, 0.3) is 0 Å². The maximum absolute atomic E-state index is 3.61. The number of hydrogen-bond donors (Lipinski definition) is 1. The van der Waals surface area contributed by atoms with Crippen molar-refractivity contribution in [3.63, 3.8) is 0 Å². The Morgan fingerprint density at radius 3 is 2.76 bits per heavy atom. The van der Waals surface area contributed by atoms with Gasteiger partial charge in [0.1, 0.15) is 0 Å². The van der Waals surface area contributed by atoms with Crippen LogP contribution in [0.5, 0.6) is 0 Å².